The van der Waals surface area contributed by atoms with Gasteiger partial charge in [-0.2, -0.15) is 5.10 Å². The second-order valence-corrected chi connectivity index (χ2v) is 7.24. The number of amides is 3. The molecule has 1 saturated heterocycles. The molecule has 8 nitrogen and oxygen atoms in total. The van der Waals surface area contributed by atoms with Crippen LogP contribution in [-0.4, -0.2) is 33.2 Å². The van der Waals surface area contributed by atoms with E-state index in [4.69, 9.17) is 0 Å². The molecule has 0 aliphatic carbocycles. The first-order valence-electron chi connectivity index (χ1n) is 9.96. The minimum absolute atomic E-state index is 0.163. The Morgan fingerprint density at radius 1 is 1.23 bits per heavy atom. The number of carbonyl (C=O) groups is 2. The van der Waals surface area contributed by atoms with E-state index in [1.54, 1.807) is 23.4 Å². The molecule has 0 radical (unpaired) electrons. The fourth-order valence-corrected chi connectivity index (χ4v) is 3.46. The fourth-order valence-electron chi connectivity index (χ4n) is 3.46. The van der Waals surface area contributed by atoms with E-state index in [1.807, 2.05) is 48.9 Å². The summed E-state index contributed by atoms with van der Waals surface area (Å²) < 4.78 is 1.81. The van der Waals surface area contributed by atoms with Crippen LogP contribution < -0.4 is 15.5 Å². The highest BCUT2D eigenvalue weighted by atomic mass is 16.2. The molecule has 8 heteroatoms. The number of hydrogen-bond acceptors (Lipinski definition) is 4. The predicted molar refractivity (Wildman–Crippen MR) is 117 cm³/mol. The van der Waals surface area contributed by atoms with Crippen LogP contribution in [0.3, 0.4) is 0 Å². The quantitative estimate of drug-likeness (QED) is 0.677. The summed E-state index contributed by atoms with van der Waals surface area (Å²) in [6.45, 7) is 5.07. The Morgan fingerprint density at radius 3 is 2.73 bits per heavy atom. The summed E-state index contributed by atoms with van der Waals surface area (Å²) >= 11 is 0. The fraction of sp³-hybridized carbons (Fsp3) is 0.273. The zero-order valence-electron chi connectivity index (χ0n) is 17.1. The summed E-state index contributed by atoms with van der Waals surface area (Å²) in [4.78, 5) is 30.2. The van der Waals surface area contributed by atoms with E-state index < -0.39 is 0 Å². The minimum Gasteiger partial charge on any atom is -0.334 e. The van der Waals surface area contributed by atoms with Crippen LogP contribution in [0.5, 0.6) is 0 Å². The molecule has 0 bridgehead atoms. The largest absolute Gasteiger partial charge is 0.334 e. The number of anilines is 2. The van der Waals surface area contributed by atoms with E-state index in [0.29, 0.717) is 18.8 Å². The van der Waals surface area contributed by atoms with Gasteiger partial charge in [-0.3, -0.25) is 10.1 Å². The maximum absolute atomic E-state index is 12.3. The highest BCUT2D eigenvalue weighted by Gasteiger charge is 2.21. The third-order valence-corrected chi connectivity index (χ3v) is 5.22. The van der Waals surface area contributed by atoms with Gasteiger partial charge in [0.05, 0.1) is 17.9 Å². The van der Waals surface area contributed by atoms with Crippen molar-refractivity contribution in [2.75, 3.05) is 16.8 Å². The Bertz CT molecular complexity index is 1120. The number of carbonyl (C=O) groups excluding carboxylic acids is 2. The van der Waals surface area contributed by atoms with Crippen molar-refractivity contribution in [3.63, 3.8) is 0 Å². The molecule has 0 saturated carbocycles. The third-order valence-electron chi connectivity index (χ3n) is 5.22. The van der Waals surface area contributed by atoms with Crippen LogP contribution in [0.25, 0.3) is 16.6 Å². The van der Waals surface area contributed by atoms with Gasteiger partial charge in [0.1, 0.15) is 5.82 Å². The van der Waals surface area contributed by atoms with Gasteiger partial charge in [-0.25, -0.2) is 14.5 Å². The number of urea groups is 1. The summed E-state index contributed by atoms with van der Waals surface area (Å²) in [5, 5.41) is 10.8. The zero-order chi connectivity index (χ0) is 21.1. The molecule has 1 aliphatic heterocycles. The van der Waals surface area contributed by atoms with Crippen molar-refractivity contribution in [3.05, 3.63) is 54.4 Å². The standard InChI is InChI=1S/C22H24N6O2/c1-3-15(2)28-19-14-23-20(11-17(19)13-25-28)26-22(30)24-12-16-6-8-18(9-7-16)27-10-4-5-21(27)29/h3,6-9,11,13-14H,4-5,10,12H2,1-2H3,(H2,23,24,26,30)/b15-3+. The lowest BCUT2D eigenvalue weighted by molar-refractivity contribution is -0.117. The lowest BCUT2D eigenvalue weighted by Gasteiger charge is -2.16. The number of fused-ring (bicyclic) bond motifs is 1. The topological polar surface area (TPSA) is 92.2 Å². The first-order chi connectivity index (χ1) is 14.5. The Labute approximate surface area is 174 Å². The highest BCUT2D eigenvalue weighted by Crippen LogP contribution is 2.22. The molecule has 154 valence electrons. The predicted octanol–water partition coefficient (Wildman–Crippen LogP) is 3.76. The van der Waals surface area contributed by atoms with Crippen molar-refractivity contribution in [2.24, 2.45) is 0 Å². The number of benzene rings is 1. The van der Waals surface area contributed by atoms with E-state index in [9.17, 15) is 9.59 Å². The van der Waals surface area contributed by atoms with Crippen molar-refractivity contribution in [2.45, 2.75) is 33.2 Å². The number of pyridine rings is 1. The third kappa shape index (κ3) is 4.03. The molecule has 0 spiro atoms. The number of hydrogen-bond donors (Lipinski definition) is 2. The summed E-state index contributed by atoms with van der Waals surface area (Å²) in [5.74, 6) is 0.622. The molecule has 3 heterocycles. The van der Waals surface area contributed by atoms with Crippen LogP contribution >= 0.6 is 0 Å². The molecule has 2 aromatic heterocycles. The van der Waals surface area contributed by atoms with Gasteiger partial charge in [-0.05, 0) is 44.0 Å². The van der Waals surface area contributed by atoms with Crippen molar-refractivity contribution < 1.29 is 9.59 Å². The lowest BCUT2D eigenvalue weighted by atomic mass is 10.2. The average Bonchev–Trinajstić information content (AvgIpc) is 3.38. The van der Waals surface area contributed by atoms with Crippen molar-refractivity contribution in [3.8, 4) is 0 Å². The molecule has 3 aromatic rings. The van der Waals surface area contributed by atoms with Gasteiger partial charge in [0.25, 0.3) is 0 Å². The summed E-state index contributed by atoms with van der Waals surface area (Å²) in [6.07, 6.45) is 6.93. The highest BCUT2D eigenvalue weighted by molar-refractivity contribution is 5.95. The van der Waals surface area contributed by atoms with Gasteiger partial charge in [-0.1, -0.05) is 18.2 Å². The van der Waals surface area contributed by atoms with E-state index in [-0.39, 0.29) is 11.9 Å². The van der Waals surface area contributed by atoms with Gasteiger partial charge >= 0.3 is 6.03 Å². The molecule has 2 N–H and O–H groups in total. The van der Waals surface area contributed by atoms with E-state index in [2.05, 4.69) is 20.7 Å². The second kappa shape index (κ2) is 8.36. The number of nitrogens with one attached hydrogen (secondary N) is 2. The van der Waals surface area contributed by atoms with Gasteiger partial charge < -0.3 is 10.2 Å². The SMILES string of the molecule is C/C=C(\C)n1ncc2cc(NC(=O)NCc3ccc(N4CCCC4=O)cc3)ncc21. The number of aromatic nitrogens is 3. The first kappa shape index (κ1) is 19.6. The maximum atomic E-state index is 12.3. The molecular weight excluding hydrogens is 380 g/mol. The van der Waals surface area contributed by atoms with Crippen LogP contribution in [0.4, 0.5) is 16.3 Å². The Morgan fingerprint density at radius 2 is 2.03 bits per heavy atom. The van der Waals surface area contributed by atoms with Crippen LogP contribution in [-0.2, 0) is 11.3 Å². The summed E-state index contributed by atoms with van der Waals surface area (Å²) in [7, 11) is 0. The molecule has 4 rings (SSSR count). The molecular formula is C22H24N6O2. The van der Waals surface area contributed by atoms with Gasteiger partial charge in [-0.15, -0.1) is 0 Å². The van der Waals surface area contributed by atoms with Crippen molar-refractivity contribution >= 4 is 40.0 Å². The first-order valence-corrected chi connectivity index (χ1v) is 9.96. The minimum atomic E-state index is -0.335. The Kier molecular flexibility index (Phi) is 5.47. The molecule has 1 fully saturated rings. The molecule has 0 unspecified atom stereocenters. The Balaban J connectivity index is 1.35. The van der Waals surface area contributed by atoms with Gasteiger partial charge in [0.2, 0.25) is 5.91 Å². The van der Waals surface area contributed by atoms with Gasteiger partial charge in [0, 0.05) is 36.3 Å². The molecule has 0 atom stereocenters. The van der Waals surface area contributed by atoms with Crippen LogP contribution in [0, 0.1) is 0 Å². The summed E-state index contributed by atoms with van der Waals surface area (Å²) in [5.41, 5.74) is 3.74. The Hall–Kier alpha value is -3.68. The van der Waals surface area contributed by atoms with E-state index >= 15 is 0 Å². The number of rotatable bonds is 5. The number of nitrogens with zero attached hydrogens (tertiary/aromatic N) is 4. The molecule has 30 heavy (non-hydrogen) atoms. The maximum Gasteiger partial charge on any atom is 0.320 e. The second-order valence-electron chi connectivity index (χ2n) is 7.24. The van der Waals surface area contributed by atoms with Crippen molar-refractivity contribution in [1.29, 1.82) is 0 Å². The summed E-state index contributed by atoms with van der Waals surface area (Å²) in [6, 6.07) is 9.13. The van der Waals surface area contributed by atoms with Crippen LogP contribution in [0.2, 0.25) is 0 Å². The molecule has 1 aromatic carbocycles. The smallest absolute Gasteiger partial charge is 0.320 e. The van der Waals surface area contributed by atoms with Crippen LogP contribution in [0.15, 0.2) is 48.8 Å². The lowest BCUT2D eigenvalue weighted by Crippen LogP contribution is -2.28. The monoisotopic (exact) mass is 404 g/mol. The zero-order valence-corrected chi connectivity index (χ0v) is 17.1. The van der Waals surface area contributed by atoms with Gasteiger partial charge in [0.15, 0.2) is 0 Å². The van der Waals surface area contributed by atoms with Crippen molar-refractivity contribution in [1.82, 2.24) is 20.1 Å². The van der Waals surface area contributed by atoms with Crippen LogP contribution in [0.1, 0.15) is 32.3 Å². The molecule has 3 amide bonds. The average molecular weight is 404 g/mol. The van der Waals surface area contributed by atoms with E-state index in [0.717, 1.165) is 40.8 Å². The molecule has 1 aliphatic rings. The number of allylic oxidation sites excluding steroid dienone is 2. The normalized spacial score (nSPS) is 14.4. The van der Waals surface area contributed by atoms with E-state index in [1.165, 1.54) is 0 Å².